The number of hydrogen-bond donors (Lipinski definition) is 2. The number of piperidine rings is 1. The Kier molecular flexibility index (Phi) is 3.57. The Balaban J connectivity index is 1.94. The monoisotopic (exact) mass is 219 g/mol. The maximum Gasteiger partial charge on any atom is 0.223 e. The molecule has 1 fully saturated rings. The Morgan fingerprint density at radius 2 is 2.00 bits per heavy atom. The zero-order chi connectivity index (χ0) is 11.4. The summed E-state index contributed by atoms with van der Waals surface area (Å²) in [6.07, 6.45) is 2.54. The van der Waals surface area contributed by atoms with Gasteiger partial charge in [-0.05, 0) is 24.8 Å². The molecular weight excluding hydrogens is 202 g/mol. The zero-order valence-corrected chi connectivity index (χ0v) is 9.23. The number of carbonyl (C=O) groups excluding carboxylic acids is 1. The molecule has 1 aliphatic rings. The summed E-state index contributed by atoms with van der Waals surface area (Å²) in [4.78, 5) is 11.7. The first kappa shape index (κ1) is 11.1. The van der Waals surface area contributed by atoms with Crippen molar-refractivity contribution in [1.82, 2.24) is 5.32 Å². The fraction of sp³-hybridized carbons (Fsp3) is 0.462. The average Bonchev–Trinajstić information content (AvgIpc) is 2.33. The van der Waals surface area contributed by atoms with E-state index in [4.69, 9.17) is 5.11 Å². The first-order valence-corrected chi connectivity index (χ1v) is 5.74. The van der Waals surface area contributed by atoms with Crippen LogP contribution in [-0.4, -0.2) is 23.7 Å². The minimum atomic E-state index is -0.0421. The molecule has 2 rings (SSSR count). The van der Waals surface area contributed by atoms with Gasteiger partial charge in [0.2, 0.25) is 5.91 Å². The molecule has 2 atom stereocenters. The van der Waals surface area contributed by atoms with Crippen LogP contribution >= 0.6 is 0 Å². The van der Waals surface area contributed by atoms with E-state index >= 15 is 0 Å². The molecular formula is C13H17NO2. The predicted molar refractivity (Wildman–Crippen MR) is 61.9 cm³/mol. The molecule has 1 heterocycles. The van der Waals surface area contributed by atoms with Crippen LogP contribution in [0.3, 0.4) is 0 Å². The Labute approximate surface area is 95.5 Å². The Hall–Kier alpha value is -1.35. The highest BCUT2D eigenvalue weighted by atomic mass is 16.3. The van der Waals surface area contributed by atoms with Crippen LogP contribution < -0.4 is 5.32 Å². The van der Waals surface area contributed by atoms with Crippen molar-refractivity contribution >= 4 is 5.91 Å². The topological polar surface area (TPSA) is 49.3 Å². The van der Waals surface area contributed by atoms with Crippen molar-refractivity contribution < 1.29 is 9.90 Å². The predicted octanol–water partition coefficient (Wildman–Crippen LogP) is 1.12. The third kappa shape index (κ3) is 2.61. The standard InChI is InChI=1S/C13H17NO2/c15-9-12-7-6-11(13(16)14-12)8-10-4-2-1-3-5-10/h1-5,11-12,15H,6-9H2,(H,14,16)/t11-,12-/m1/s1. The molecule has 0 radical (unpaired) electrons. The largest absolute Gasteiger partial charge is 0.394 e. The van der Waals surface area contributed by atoms with Gasteiger partial charge in [-0.25, -0.2) is 0 Å². The van der Waals surface area contributed by atoms with E-state index in [1.165, 1.54) is 5.56 Å². The van der Waals surface area contributed by atoms with Gasteiger partial charge in [0.25, 0.3) is 0 Å². The molecule has 0 aliphatic carbocycles. The van der Waals surface area contributed by atoms with Gasteiger partial charge in [-0.2, -0.15) is 0 Å². The molecule has 0 unspecified atom stereocenters. The van der Waals surface area contributed by atoms with E-state index in [9.17, 15) is 4.79 Å². The van der Waals surface area contributed by atoms with E-state index in [-0.39, 0.29) is 24.5 Å². The minimum absolute atomic E-state index is 0.0421. The fourth-order valence-corrected chi connectivity index (χ4v) is 2.15. The lowest BCUT2D eigenvalue weighted by Gasteiger charge is -2.27. The summed E-state index contributed by atoms with van der Waals surface area (Å²) in [5.41, 5.74) is 1.20. The third-order valence-corrected chi connectivity index (χ3v) is 3.13. The lowest BCUT2D eigenvalue weighted by Crippen LogP contribution is -2.46. The summed E-state index contributed by atoms with van der Waals surface area (Å²) < 4.78 is 0. The van der Waals surface area contributed by atoms with Crippen LogP contribution in [0.2, 0.25) is 0 Å². The summed E-state index contributed by atoms with van der Waals surface area (Å²) in [7, 11) is 0. The quantitative estimate of drug-likeness (QED) is 0.800. The smallest absolute Gasteiger partial charge is 0.223 e. The summed E-state index contributed by atoms with van der Waals surface area (Å²) in [5.74, 6) is 0.138. The van der Waals surface area contributed by atoms with Gasteiger partial charge in [-0.3, -0.25) is 4.79 Å². The van der Waals surface area contributed by atoms with Gasteiger partial charge in [0.15, 0.2) is 0 Å². The number of nitrogens with one attached hydrogen (secondary N) is 1. The van der Waals surface area contributed by atoms with Gasteiger partial charge >= 0.3 is 0 Å². The SMILES string of the molecule is O=C1N[C@@H](CO)CC[C@@H]1Cc1ccccc1. The second-order valence-corrected chi connectivity index (χ2v) is 4.35. The Morgan fingerprint density at radius 3 is 2.62 bits per heavy atom. The lowest BCUT2D eigenvalue weighted by molar-refractivity contribution is -0.128. The fourth-order valence-electron chi connectivity index (χ4n) is 2.15. The van der Waals surface area contributed by atoms with E-state index in [0.29, 0.717) is 0 Å². The number of carbonyl (C=O) groups is 1. The number of hydrogen-bond acceptors (Lipinski definition) is 2. The maximum atomic E-state index is 11.7. The van der Waals surface area contributed by atoms with Crippen LogP contribution in [0.15, 0.2) is 30.3 Å². The van der Waals surface area contributed by atoms with Gasteiger partial charge < -0.3 is 10.4 Å². The third-order valence-electron chi connectivity index (χ3n) is 3.13. The van der Waals surface area contributed by atoms with Crippen molar-refractivity contribution in [2.45, 2.75) is 25.3 Å². The van der Waals surface area contributed by atoms with Crippen molar-refractivity contribution in [3.05, 3.63) is 35.9 Å². The number of aliphatic hydroxyl groups excluding tert-OH is 1. The average molecular weight is 219 g/mol. The molecule has 3 heteroatoms. The molecule has 1 amide bonds. The molecule has 0 aromatic heterocycles. The summed E-state index contributed by atoms with van der Waals surface area (Å²) in [6, 6.07) is 10.0. The Morgan fingerprint density at radius 1 is 1.25 bits per heavy atom. The van der Waals surface area contributed by atoms with Crippen LogP contribution in [0.5, 0.6) is 0 Å². The van der Waals surface area contributed by atoms with E-state index in [1.54, 1.807) is 0 Å². The van der Waals surface area contributed by atoms with E-state index in [1.807, 2.05) is 30.3 Å². The highest BCUT2D eigenvalue weighted by Gasteiger charge is 2.27. The first-order valence-electron chi connectivity index (χ1n) is 5.74. The van der Waals surface area contributed by atoms with Gasteiger partial charge in [0.1, 0.15) is 0 Å². The first-order chi connectivity index (χ1) is 7.79. The van der Waals surface area contributed by atoms with E-state index in [0.717, 1.165) is 19.3 Å². The zero-order valence-electron chi connectivity index (χ0n) is 9.23. The van der Waals surface area contributed by atoms with Crippen molar-refractivity contribution in [1.29, 1.82) is 0 Å². The van der Waals surface area contributed by atoms with E-state index < -0.39 is 0 Å². The summed E-state index contributed by atoms with van der Waals surface area (Å²) in [5, 5.41) is 11.8. The molecule has 16 heavy (non-hydrogen) atoms. The number of aliphatic hydroxyl groups is 1. The minimum Gasteiger partial charge on any atom is -0.394 e. The van der Waals surface area contributed by atoms with Crippen molar-refractivity contribution in [2.75, 3.05) is 6.61 Å². The van der Waals surface area contributed by atoms with Crippen molar-refractivity contribution in [2.24, 2.45) is 5.92 Å². The molecule has 1 aliphatic heterocycles. The van der Waals surface area contributed by atoms with Gasteiger partial charge in [0.05, 0.1) is 12.6 Å². The molecule has 0 saturated carbocycles. The molecule has 1 aromatic rings. The highest BCUT2D eigenvalue weighted by molar-refractivity contribution is 5.80. The van der Waals surface area contributed by atoms with Crippen molar-refractivity contribution in [3.8, 4) is 0 Å². The number of benzene rings is 1. The molecule has 3 nitrogen and oxygen atoms in total. The molecule has 86 valence electrons. The van der Waals surface area contributed by atoms with Crippen LogP contribution in [0.1, 0.15) is 18.4 Å². The second-order valence-electron chi connectivity index (χ2n) is 4.35. The number of amides is 1. The molecule has 2 N–H and O–H groups in total. The number of rotatable bonds is 3. The summed E-state index contributed by atoms with van der Waals surface area (Å²) >= 11 is 0. The van der Waals surface area contributed by atoms with Crippen LogP contribution in [0.4, 0.5) is 0 Å². The Bertz CT molecular complexity index is 350. The van der Waals surface area contributed by atoms with Crippen LogP contribution in [0, 0.1) is 5.92 Å². The lowest BCUT2D eigenvalue weighted by atomic mass is 9.89. The van der Waals surface area contributed by atoms with Crippen LogP contribution in [0.25, 0.3) is 0 Å². The molecule has 0 spiro atoms. The van der Waals surface area contributed by atoms with Gasteiger partial charge in [0, 0.05) is 5.92 Å². The van der Waals surface area contributed by atoms with Crippen molar-refractivity contribution in [3.63, 3.8) is 0 Å². The maximum absolute atomic E-state index is 11.7. The molecule has 1 saturated heterocycles. The highest BCUT2D eigenvalue weighted by Crippen LogP contribution is 2.19. The molecule has 0 bridgehead atoms. The van der Waals surface area contributed by atoms with Gasteiger partial charge in [-0.15, -0.1) is 0 Å². The van der Waals surface area contributed by atoms with Gasteiger partial charge in [-0.1, -0.05) is 30.3 Å². The second kappa shape index (κ2) is 5.12. The normalized spacial score (nSPS) is 25.2. The summed E-state index contributed by atoms with van der Waals surface area (Å²) in [6.45, 7) is 0.0454. The molecule has 1 aromatic carbocycles. The van der Waals surface area contributed by atoms with Crippen LogP contribution in [-0.2, 0) is 11.2 Å². The van der Waals surface area contributed by atoms with E-state index in [2.05, 4.69) is 5.32 Å².